The van der Waals surface area contributed by atoms with E-state index in [2.05, 4.69) is 48.1 Å². The van der Waals surface area contributed by atoms with Crippen LogP contribution in [0, 0.1) is 0 Å². The van der Waals surface area contributed by atoms with Crippen molar-refractivity contribution >= 4 is 17.6 Å². The Morgan fingerprint density at radius 3 is 2.46 bits per heavy atom. The van der Waals surface area contributed by atoms with Crippen LogP contribution in [0.3, 0.4) is 0 Å². The summed E-state index contributed by atoms with van der Waals surface area (Å²) in [5.74, 6) is 0.417. The number of halogens is 1. The van der Waals surface area contributed by atoms with Gasteiger partial charge in [-0.3, -0.25) is 0 Å². The fraction of sp³-hybridized carbons (Fsp3) is 0.281. The molecule has 1 fully saturated rings. The highest BCUT2D eigenvalue weighted by atomic mass is 35.5. The molecule has 6 nitrogen and oxygen atoms in total. The van der Waals surface area contributed by atoms with Crippen molar-refractivity contribution in [3.63, 3.8) is 0 Å². The Bertz CT molecular complexity index is 1240. The molecule has 2 unspecified atom stereocenters. The van der Waals surface area contributed by atoms with Crippen LogP contribution in [0.1, 0.15) is 40.4 Å². The van der Waals surface area contributed by atoms with E-state index in [9.17, 15) is 4.79 Å². The van der Waals surface area contributed by atoms with Gasteiger partial charge in [-0.15, -0.1) is 0 Å². The molecule has 0 radical (unpaired) electrons. The Morgan fingerprint density at radius 1 is 1.10 bits per heavy atom. The van der Waals surface area contributed by atoms with E-state index >= 15 is 0 Å². The zero-order valence-corrected chi connectivity index (χ0v) is 23.8. The lowest BCUT2D eigenvalue weighted by Gasteiger charge is -2.28. The monoisotopic (exact) mass is 547 g/mol. The molecule has 0 aliphatic carbocycles. The lowest BCUT2D eigenvalue weighted by Crippen LogP contribution is -2.30. The highest BCUT2D eigenvalue weighted by molar-refractivity contribution is 6.31. The second-order valence-electron chi connectivity index (χ2n) is 9.28. The van der Waals surface area contributed by atoms with E-state index in [1.165, 1.54) is 7.11 Å². The van der Waals surface area contributed by atoms with Crippen LogP contribution in [0.2, 0.25) is 5.02 Å². The van der Waals surface area contributed by atoms with Crippen molar-refractivity contribution in [3.8, 4) is 5.75 Å². The van der Waals surface area contributed by atoms with Gasteiger partial charge in [0.25, 0.3) is 0 Å². The highest BCUT2D eigenvalue weighted by Gasteiger charge is 2.47. The average molecular weight is 548 g/mol. The largest absolute Gasteiger partial charge is 0.496 e. The number of hydrogen-bond acceptors (Lipinski definition) is 6. The number of carbonyl (C=O) groups excluding carboxylic acids is 1. The molecule has 0 spiro atoms. The minimum Gasteiger partial charge on any atom is -0.496 e. The molecule has 1 heterocycles. The van der Waals surface area contributed by atoms with Gasteiger partial charge < -0.3 is 19.8 Å². The summed E-state index contributed by atoms with van der Waals surface area (Å²) in [7, 11) is 3.04. The van der Waals surface area contributed by atoms with Crippen LogP contribution < -0.4 is 10.1 Å². The second kappa shape index (κ2) is 14.5. The van der Waals surface area contributed by atoms with E-state index in [-0.39, 0.29) is 5.97 Å². The molecule has 206 valence electrons. The summed E-state index contributed by atoms with van der Waals surface area (Å²) in [6.07, 6.45) is 12.4. The summed E-state index contributed by atoms with van der Waals surface area (Å²) in [6, 6.07) is 12.0. The van der Waals surface area contributed by atoms with E-state index in [0.717, 1.165) is 34.6 Å². The van der Waals surface area contributed by atoms with Gasteiger partial charge in [-0.25, -0.2) is 9.80 Å². The number of carbonyl (C=O) groups is 1. The molecule has 0 aromatic heterocycles. The number of esters is 1. The number of methoxy groups -OCH3 is 2. The van der Waals surface area contributed by atoms with Crippen molar-refractivity contribution in [1.82, 2.24) is 15.3 Å². The number of benzene rings is 2. The highest BCUT2D eigenvalue weighted by Crippen LogP contribution is 2.38. The summed E-state index contributed by atoms with van der Waals surface area (Å²) < 4.78 is 10.5. The van der Waals surface area contributed by atoms with Crippen molar-refractivity contribution in [3.05, 3.63) is 126 Å². The average Bonchev–Trinajstić information content (AvgIpc) is 3.59. The Labute approximate surface area is 237 Å². The summed E-state index contributed by atoms with van der Waals surface area (Å²) in [4.78, 5) is 11.6. The molecular formula is C32H38ClN3O3. The van der Waals surface area contributed by atoms with Gasteiger partial charge in [0.2, 0.25) is 0 Å². The molecule has 3 atom stereocenters. The lowest BCUT2D eigenvalue weighted by molar-refractivity contribution is 0.0600. The van der Waals surface area contributed by atoms with E-state index in [0.29, 0.717) is 42.3 Å². The Kier molecular flexibility index (Phi) is 11.2. The fourth-order valence-corrected chi connectivity index (χ4v) is 4.72. The topological polar surface area (TPSA) is 53.8 Å². The molecule has 2 aromatic rings. The van der Waals surface area contributed by atoms with Crippen LogP contribution in [0.5, 0.6) is 5.75 Å². The lowest BCUT2D eigenvalue weighted by atomic mass is 10.1. The summed E-state index contributed by atoms with van der Waals surface area (Å²) >= 11 is 6.81. The number of hydrazine groups is 1. The molecular weight excluding hydrogens is 510 g/mol. The number of nitrogens with one attached hydrogen (secondary N) is 1. The first-order chi connectivity index (χ1) is 18.8. The first-order valence-electron chi connectivity index (χ1n) is 12.9. The van der Waals surface area contributed by atoms with Crippen molar-refractivity contribution in [1.29, 1.82) is 0 Å². The maximum absolute atomic E-state index is 11.6. The number of nitrogens with zero attached hydrogens (tertiary/aromatic N) is 2. The smallest absolute Gasteiger partial charge is 0.337 e. The van der Waals surface area contributed by atoms with Gasteiger partial charge in [0.05, 0.1) is 32.4 Å². The molecule has 1 N–H and O–H groups in total. The van der Waals surface area contributed by atoms with Crippen molar-refractivity contribution in [2.75, 3.05) is 14.2 Å². The molecule has 0 amide bonds. The van der Waals surface area contributed by atoms with Gasteiger partial charge in [0.1, 0.15) is 5.75 Å². The van der Waals surface area contributed by atoms with Crippen LogP contribution in [0.15, 0.2) is 98.3 Å². The molecule has 2 aromatic carbocycles. The fourth-order valence-electron chi connectivity index (χ4n) is 4.48. The predicted octanol–water partition coefficient (Wildman–Crippen LogP) is 6.60. The number of rotatable bonds is 15. The minimum absolute atomic E-state index is 0.346. The first kappa shape index (κ1) is 30.0. The molecule has 0 bridgehead atoms. The van der Waals surface area contributed by atoms with Crippen LogP contribution in [-0.4, -0.2) is 42.3 Å². The van der Waals surface area contributed by atoms with Gasteiger partial charge in [0, 0.05) is 35.4 Å². The third-order valence-electron chi connectivity index (χ3n) is 6.70. The Balaban J connectivity index is 1.72. The van der Waals surface area contributed by atoms with E-state index in [4.69, 9.17) is 21.1 Å². The normalized spacial score (nSPS) is 18.2. The van der Waals surface area contributed by atoms with Crippen LogP contribution in [-0.2, 0) is 24.4 Å². The van der Waals surface area contributed by atoms with Crippen molar-refractivity contribution < 1.29 is 14.3 Å². The molecule has 1 saturated heterocycles. The van der Waals surface area contributed by atoms with Crippen molar-refractivity contribution in [2.24, 2.45) is 0 Å². The zero-order chi connectivity index (χ0) is 28.4. The number of allylic oxidation sites excluding steroid dienone is 5. The Morgan fingerprint density at radius 2 is 1.82 bits per heavy atom. The van der Waals surface area contributed by atoms with E-state index < -0.39 is 0 Å². The predicted molar refractivity (Wildman–Crippen MR) is 159 cm³/mol. The SMILES string of the molecule is C=C/C=C\C[C@H]1C(C)N1N(Cc1cc(OC)c(CNCc2ccc(C(=O)OC)cc2)cc1Cl)C(=C)/C=C\C=C. The van der Waals surface area contributed by atoms with E-state index in [1.54, 1.807) is 31.4 Å². The van der Waals surface area contributed by atoms with Crippen molar-refractivity contribution in [2.45, 2.75) is 45.1 Å². The third-order valence-corrected chi connectivity index (χ3v) is 7.05. The van der Waals surface area contributed by atoms with Crippen LogP contribution in [0.25, 0.3) is 0 Å². The standard InChI is InChI=1S/C32H38ClN3O3/c1-7-9-11-13-30-24(4)36(30)35(23(3)12-10-8-2)22-28-19-31(38-5)27(18-29(28)33)21-34-20-25-14-16-26(17-15-25)32(37)39-6/h7-12,14-19,24,30,34H,1-3,13,20-22H2,4-6H3/b11-9-,12-10-/t24?,30-,36?/m0/s1. The minimum atomic E-state index is -0.346. The van der Waals surface area contributed by atoms with Gasteiger partial charge in [-0.05, 0) is 54.8 Å². The third kappa shape index (κ3) is 7.96. The van der Waals surface area contributed by atoms with Gasteiger partial charge in [-0.2, -0.15) is 0 Å². The van der Waals surface area contributed by atoms with E-state index in [1.807, 2.05) is 42.5 Å². The summed E-state index contributed by atoms with van der Waals surface area (Å²) in [5, 5.41) is 8.59. The van der Waals surface area contributed by atoms with Gasteiger partial charge in [0.15, 0.2) is 0 Å². The first-order valence-corrected chi connectivity index (χ1v) is 13.3. The molecule has 3 rings (SSSR count). The number of hydrogen-bond donors (Lipinski definition) is 1. The Hall–Kier alpha value is -3.58. The van der Waals surface area contributed by atoms with Gasteiger partial charge >= 0.3 is 5.97 Å². The molecule has 1 aliphatic rings. The van der Waals surface area contributed by atoms with Crippen LogP contribution >= 0.6 is 11.6 Å². The zero-order valence-electron chi connectivity index (χ0n) is 23.0. The molecule has 0 saturated carbocycles. The maximum Gasteiger partial charge on any atom is 0.337 e. The van der Waals surface area contributed by atoms with Gasteiger partial charge in [-0.1, -0.05) is 73.9 Å². The number of ether oxygens (including phenoxy) is 2. The maximum atomic E-state index is 11.6. The van der Waals surface area contributed by atoms with Crippen LogP contribution in [0.4, 0.5) is 0 Å². The quantitative estimate of drug-likeness (QED) is 0.154. The second-order valence-corrected chi connectivity index (χ2v) is 9.69. The summed E-state index contributed by atoms with van der Waals surface area (Å²) in [6.45, 7) is 15.8. The summed E-state index contributed by atoms with van der Waals surface area (Å²) in [5.41, 5.74) is 4.34. The molecule has 1 aliphatic heterocycles. The molecule has 7 heteroatoms. The molecule has 39 heavy (non-hydrogen) atoms.